The predicted octanol–water partition coefficient (Wildman–Crippen LogP) is 4.92. The highest BCUT2D eigenvalue weighted by atomic mass is 35.5. The summed E-state index contributed by atoms with van der Waals surface area (Å²) in [5.41, 5.74) is 1.74. The number of ether oxygens (including phenoxy) is 1. The Morgan fingerprint density at radius 3 is 2.45 bits per heavy atom. The lowest BCUT2D eigenvalue weighted by Crippen LogP contribution is -2.13. The summed E-state index contributed by atoms with van der Waals surface area (Å²) in [5.74, 6) is 1.03. The molecule has 2 aromatic carbocycles. The summed E-state index contributed by atoms with van der Waals surface area (Å²) >= 11 is 11.8. The summed E-state index contributed by atoms with van der Waals surface area (Å²) in [6, 6.07) is 12.8. The number of carbonyl (C=O) groups excluding carboxylic acids is 1. The normalized spacial score (nSPS) is 13.7. The van der Waals surface area contributed by atoms with Gasteiger partial charge in [0, 0.05) is 11.6 Å². The number of benzene rings is 2. The third-order valence-electron chi connectivity index (χ3n) is 3.46. The quantitative estimate of drug-likeness (QED) is 0.841. The molecule has 0 atom stereocenters. The lowest BCUT2D eigenvalue weighted by atomic mass is 10.2. The molecule has 3 nitrogen and oxygen atoms in total. The van der Waals surface area contributed by atoms with Crippen LogP contribution in [-0.4, -0.2) is 5.91 Å². The second kappa shape index (κ2) is 6.59. The van der Waals surface area contributed by atoms with Crippen LogP contribution in [0.2, 0.25) is 10.0 Å². The zero-order valence-electron chi connectivity index (χ0n) is 11.8. The molecule has 0 aliphatic heterocycles. The van der Waals surface area contributed by atoms with Gasteiger partial charge in [0.05, 0.1) is 10.0 Å². The van der Waals surface area contributed by atoms with Gasteiger partial charge < -0.3 is 10.1 Å². The third-order valence-corrected chi connectivity index (χ3v) is 4.20. The van der Waals surface area contributed by atoms with E-state index in [-0.39, 0.29) is 11.8 Å². The van der Waals surface area contributed by atoms with E-state index in [0.717, 1.165) is 29.8 Å². The standard InChI is InChI=1S/C17H15Cl2NO2/c18-15-8-1-11(9-16(15)19)10-22-14-6-4-13(5-7-14)20-17(21)12-2-3-12/h1,4-9,12H,2-3,10H2,(H,20,21). The molecule has 0 saturated heterocycles. The van der Waals surface area contributed by atoms with Crippen molar-refractivity contribution in [1.82, 2.24) is 0 Å². The molecule has 0 bridgehead atoms. The monoisotopic (exact) mass is 335 g/mol. The number of anilines is 1. The van der Waals surface area contributed by atoms with Gasteiger partial charge in [-0.05, 0) is 54.8 Å². The molecular formula is C17H15Cl2NO2. The second-order valence-corrected chi connectivity index (χ2v) is 6.14. The number of hydrogen-bond donors (Lipinski definition) is 1. The van der Waals surface area contributed by atoms with Gasteiger partial charge in [0.15, 0.2) is 0 Å². The minimum Gasteiger partial charge on any atom is -0.489 e. The Bertz CT molecular complexity index is 682. The van der Waals surface area contributed by atoms with Gasteiger partial charge in [-0.3, -0.25) is 4.79 Å². The van der Waals surface area contributed by atoms with Crippen LogP contribution in [0.4, 0.5) is 5.69 Å². The molecule has 0 radical (unpaired) electrons. The Hall–Kier alpha value is -1.71. The molecule has 1 saturated carbocycles. The number of halogens is 2. The zero-order valence-corrected chi connectivity index (χ0v) is 13.3. The number of nitrogens with one attached hydrogen (secondary N) is 1. The fourth-order valence-electron chi connectivity index (χ4n) is 2.02. The van der Waals surface area contributed by atoms with Crippen LogP contribution in [-0.2, 0) is 11.4 Å². The highest BCUT2D eigenvalue weighted by molar-refractivity contribution is 6.42. The molecular weight excluding hydrogens is 321 g/mol. The highest BCUT2D eigenvalue weighted by Crippen LogP contribution is 2.30. The molecule has 0 aromatic heterocycles. The molecule has 1 fully saturated rings. The van der Waals surface area contributed by atoms with Gasteiger partial charge in [0.2, 0.25) is 5.91 Å². The number of hydrogen-bond acceptors (Lipinski definition) is 2. The predicted molar refractivity (Wildman–Crippen MR) is 88.6 cm³/mol. The van der Waals surface area contributed by atoms with E-state index in [1.54, 1.807) is 12.1 Å². The van der Waals surface area contributed by atoms with Crippen molar-refractivity contribution >= 4 is 34.8 Å². The maximum atomic E-state index is 11.7. The smallest absolute Gasteiger partial charge is 0.227 e. The number of rotatable bonds is 5. The minimum atomic E-state index is 0.101. The highest BCUT2D eigenvalue weighted by Gasteiger charge is 2.29. The Balaban J connectivity index is 1.56. The Labute approximate surface area is 139 Å². The van der Waals surface area contributed by atoms with Gasteiger partial charge in [-0.15, -0.1) is 0 Å². The summed E-state index contributed by atoms with van der Waals surface area (Å²) in [7, 11) is 0. The molecule has 1 N–H and O–H groups in total. The molecule has 0 heterocycles. The fourth-order valence-corrected chi connectivity index (χ4v) is 2.34. The first-order valence-corrected chi connectivity index (χ1v) is 7.85. The molecule has 0 spiro atoms. The largest absolute Gasteiger partial charge is 0.489 e. The van der Waals surface area contributed by atoms with E-state index >= 15 is 0 Å². The summed E-state index contributed by atoms with van der Waals surface area (Å²) < 4.78 is 5.69. The van der Waals surface area contributed by atoms with Crippen LogP contribution in [0.5, 0.6) is 5.75 Å². The van der Waals surface area contributed by atoms with Crippen LogP contribution in [0.3, 0.4) is 0 Å². The molecule has 22 heavy (non-hydrogen) atoms. The topological polar surface area (TPSA) is 38.3 Å². The maximum absolute atomic E-state index is 11.7. The average molecular weight is 336 g/mol. The van der Waals surface area contributed by atoms with Crippen LogP contribution in [0.25, 0.3) is 0 Å². The van der Waals surface area contributed by atoms with Gasteiger partial charge >= 0.3 is 0 Å². The van der Waals surface area contributed by atoms with Crippen molar-refractivity contribution in [1.29, 1.82) is 0 Å². The fraction of sp³-hybridized carbons (Fsp3) is 0.235. The lowest BCUT2D eigenvalue weighted by molar-refractivity contribution is -0.117. The van der Waals surface area contributed by atoms with Crippen molar-refractivity contribution in [2.45, 2.75) is 19.4 Å². The minimum absolute atomic E-state index is 0.101. The van der Waals surface area contributed by atoms with Crippen molar-refractivity contribution in [3.05, 3.63) is 58.1 Å². The Kier molecular flexibility index (Phi) is 4.55. The van der Waals surface area contributed by atoms with E-state index in [9.17, 15) is 4.79 Å². The van der Waals surface area contributed by atoms with E-state index in [4.69, 9.17) is 27.9 Å². The Morgan fingerprint density at radius 1 is 1.09 bits per heavy atom. The first-order valence-electron chi connectivity index (χ1n) is 7.09. The molecule has 2 aromatic rings. The first-order chi connectivity index (χ1) is 10.6. The van der Waals surface area contributed by atoms with Crippen molar-refractivity contribution in [3.63, 3.8) is 0 Å². The third kappa shape index (κ3) is 3.93. The molecule has 5 heteroatoms. The van der Waals surface area contributed by atoms with E-state index in [1.807, 2.05) is 30.3 Å². The van der Waals surface area contributed by atoms with Crippen LogP contribution < -0.4 is 10.1 Å². The molecule has 0 unspecified atom stereocenters. The zero-order chi connectivity index (χ0) is 15.5. The molecule has 1 aliphatic rings. The molecule has 1 aliphatic carbocycles. The van der Waals surface area contributed by atoms with Crippen molar-refractivity contribution in [2.24, 2.45) is 5.92 Å². The summed E-state index contributed by atoms with van der Waals surface area (Å²) in [6.07, 6.45) is 1.99. The molecule has 114 valence electrons. The SMILES string of the molecule is O=C(Nc1ccc(OCc2ccc(Cl)c(Cl)c2)cc1)C1CC1. The van der Waals surface area contributed by atoms with Gasteiger partial charge in [-0.25, -0.2) is 0 Å². The summed E-state index contributed by atoms with van der Waals surface area (Å²) in [4.78, 5) is 11.7. The van der Waals surface area contributed by atoms with Crippen molar-refractivity contribution in [3.8, 4) is 5.75 Å². The maximum Gasteiger partial charge on any atom is 0.227 e. The van der Waals surface area contributed by atoms with Crippen molar-refractivity contribution < 1.29 is 9.53 Å². The number of amides is 1. The summed E-state index contributed by atoms with van der Waals surface area (Å²) in [6.45, 7) is 0.407. The summed E-state index contributed by atoms with van der Waals surface area (Å²) in [5, 5.41) is 3.94. The van der Waals surface area contributed by atoms with E-state index in [2.05, 4.69) is 5.32 Å². The van der Waals surface area contributed by atoms with Crippen LogP contribution in [0.1, 0.15) is 18.4 Å². The van der Waals surface area contributed by atoms with Crippen LogP contribution >= 0.6 is 23.2 Å². The lowest BCUT2D eigenvalue weighted by Gasteiger charge is -2.09. The van der Waals surface area contributed by atoms with Crippen LogP contribution in [0, 0.1) is 5.92 Å². The first kappa shape index (κ1) is 15.2. The van der Waals surface area contributed by atoms with Crippen molar-refractivity contribution in [2.75, 3.05) is 5.32 Å². The molecule has 3 rings (SSSR count). The Morgan fingerprint density at radius 2 is 1.82 bits per heavy atom. The average Bonchev–Trinajstić information content (AvgIpc) is 3.35. The van der Waals surface area contributed by atoms with E-state index < -0.39 is 0 Å². The van der Waals surface area contributed by atoms with Gasteiger partial charge in [-0.1, -0.05) is 29.3 Å². The molecule has 1 amide bonds. The van der Waals surface area contributed by atoms with Gasteiger partial charge in [-0.2, -0.15) is 0 Å². The number of carbonyl (C=O) groups is 1. The van der Waals surface area contributed by atoms with Gasteiger partial charge in [0.1, 0.15) is 12.4 Å². The van der Waals surface area contributed by atoms with Crippen LogP contribution in [0.15, 0.2) is 42.5 Å². The van der Waals surface area contributed by atoms with Gasteiger partial charge in [0.25, 0.3) is 0 Å². The van der Waals surface area contributed by atoms with E-state index in [0.29, 0.717) is 16.7 Å². The van der Waals surface area contributed by atoms with E-state index in [1.165, 1.54) is 0 Å². The second-order valence-electron chi connectivity index (χ2n) is 5.33.